The van der Waals surface area contributed by atoms with Crippen molar-refractivity contribution in [2.45, 2.75) is 12.8 Å². The molecule has 2 aliphatic rings. The number of methoxy groups -OCH3 is 2. The lowest BCUT2D eigenvalue weighted by molar-refractivity contribution is -0.140. The summed E-state index contributed by atoms with van der Waals surface area (Å²) in [4.78, 5) is 46.0. The van der Waals surface area contributed by atoms with Crippen molar-refractivity contribution in [1.29, 1.82) is 0 Å². The van der Waals surface area contributed by atoms with Crippen molar-refractivity contribution in [3.05, 3.63) is 33.9 Å². The van der Waals surface area contributed by atoms with Gasteiger partial charge in [0.2, 0.25) is 0 Å². The highest BCUT2D eigenvalue weighted by molar-refractivity contribution is 6.04. The number of hydrogen-bond acceptors (Lipinski definition) is 8. The molecule has 0 bridgehead atoms. The van der Waals surface area contributed by atoms with E-state index in [2.05, 4.69) is 14.9 Å². The predicted octanol–water partition coefficient (Wildman–Crippen LogP) is 0.851. The summed E-state index contributed by atoms with van der Waals surface area (Å²) in [5, 5.41) is 0. The third kappa shape index (κ3) is 3.35. The highest BCUT2D eigenvalue weighted by atomic mass is 16.5. The lowest BCUT2D eigenvalue weighted by atomic mass is 10.1. The van der Waals surface area contributed by atoms with E-state index in [-0.39, 0.29) is 30.3 Å². The number of ether oxygens (including phenoxy) is 3. The second kappa shape index (κ2) is 7.63. The zero-order valence-electron chi connectivity index (χ0n) is 16.2. The van der Waals surface area contributed by atoms with Crippen LogP contribution in [0.15, 0.2) is 28.2 Å². The highest BCUT2D eigenvalue weighted by Gasteiger charge is 2.34. The van der Waals surface area contributed by atoms with E-state index in [4.69, 9.17) is 14.2 Å². The number of aromatic amines is 2. The minimum Gasteiger partial charge on any atom is -0.466 e. The number of carbonyl (C=O) groups excluding carboxylic acids is 2. The third-order valence-corrected chi connectivity index (χ3v) is 5.18. The average Bonchev–Trinajstić information content (AvgIpc) is 3.39. The molecule has 0 radical (unpaired) electrons. The van der Waals surface area contributed by atoms with E-state index in [0.29, 0.717) is 16.7 Å². The van der Waals surface area contributed by atoms with Crippen LogP contribution in [0.25, 0.3) is 11.0 Å². The predicted molar refractivity (Wildman–Crippen MR) is 105 cm³/mol. The zero-order valence-corrected chi connectivity index (χ0v) is 16.2. The first kappa shape index (κ1) is 19.1. The van der Waals surface area contributed by atoms with E-state index in [0.717, 1.165) is 31.6 Å². The smallest absolute Gasteiger partial charge is 0.355 e. The number of nitrogens with zero attached hydrogens (tertiary/aromatic N) is 2. The fourth-order valence-electron chi connectivity index (χ4n) is 3.82. The SMILES string of the molecule is COC(=O)C1=C(C(=O)OC)N(c2cc3[nH]c(=O)[nH]c3cc2N2CCCC2)COC1. The Morgan fingerprint density at radius 3 is 2.24 bits per heavy atom. The number of aromatic nitrogens is 2. The lowest BCUT2D eigenvalue weighted by Gasteiger charge is -2.34. The molecular weight excluding hydrogens is 380 g/mol. The maximum absolute atomic E-state index is 12.6. The first-order valence-electron chi connectivity index (χ1n) is 9.29. The Labute approximate surface area is 166 Å². The van der Waals surface area contributed by atoms with Crippen LogP contribution in [0, 0.1) is 0 Å². The average molecular weight is 402 g/mol. The van der Waals surface area contributed by atoms with Crippen molar-refractivity contribution >= 4 is 34.3 Å². The molecule has 1 fully saturated rings. The van der Waals surface area contributed by atoms with Crippen LogP contribution in [-0.4, -0.2) is 62.6 Å². The van der Waals surface area contributed by atoms with Gasteiger partial charge in [-0.2, -0.15) is 0 Å². The molecule has 2 N–H and O–H groups in total. The molecule has 2 aromatic rings. The number of esters is 2. The Morgan fingerprint density at radius 1 is 1.00 bits per heavy atom. The third-order valence-electron chi connectivity index (χ3n) is 5.18. The maximum atomic E-state index is 12.6. The molecule has 0 amide bonds. The molecular formula is C19H22N4O6. The molecule has 4 rings (SSSR count). The van der Waals surface area contributed by atoms with Gasteiger partial charge in [0.25, 0.3) is 0 Å². The Hall–Kier alpha value is -3.27. The number of imidazole rings is 1. The molecule has 0 unspecified atom stereocenters. The van der Waals surface area contributed by atoms with Crippen molar-refractivity contribution in [2.75, 3.05) is 50.4 Å². The molecule has 2 aliphatic heterocycles. The fraction of sp³-hybridized carbons (Fsp3) is 0.421. The van der Waals surface area contributed by atoms with Crippen LogP contribution >= 0.6 is 0 Å². The molecule has 0 atom stereocenters. The molecule has 10 heteroatoms. The van der Waals surface area contributed by atoms with Crippen LogP contribution in [0.1, 0.15) is 12.8 Å². The van der Waals surface area contributed by atoms with Gasteiger partial charge in [0.15, 0.2) is 0 Å². The highest BCUT2D eigenvalue weighted by Crippen LogP contribution is 2.38. The minimum atomic E-state index is -0.663. The largest absolute Gasteiger partial charge is 0.466 e. The Kier molecular flexibility index (Phi) is 5.01. The quantitative estimate of drug-likeness (QED) is 0.723. The normalized spacial score (nSPS) is 17.2. The van der Waals surface area contributed by atoms with Crippen LogP contribution in [-0.2, 0) is 23.8 Å². The van der Waals surface area contributed by atoms with Gasteiger partial charge in [0.1, 0.15) is 12.4 Å². The van der Waals surface area contributed by atoms with Gasteiger partial charge < -0.3 is 34.0 Å². The maximum Gasteiger partial charge on any atom is 0.355 e. The summed E-state index contributed by atoms with van der Waals surface area (Å²) in [5.41, 5.74) is 2.55. The van der Waals surface area contributed by atoms with E-state index in [1.54, 1.807) is 11.0 Å². The van der Waals surface area contributed by atoms with Crippen LogP contribution in [0.4, 0.5) is 11.4 Å². The van der Waals surface area contributed by atoms with Crippen molar-refractivity contribution in [2.24, 2.45) is 0 Å². The number of carbonyl (C=O) groups is 2. The molecule has 29 heavy (non-hydrogen) atoms. The number of hydrogen-bond donors (Lipinski definition) is 2. The summed E-state index contributed by atoms with van der Waals surface area (Å²) >= 11 is 0. The summed E-state index contributed by atoms with van der Waals surface area (Å²) in [7, 11) is 2.50. The van der Waals surface area contributed by atoms with Gasteiger partial charge >= 0.3 is 17.6 Å². The Morgan fingerprint density at radius 2 is 1.62 bits per heavy atom. The van der Waals surface area contributed by atoms with Gasteiger partial charge in [-0.25, -0.2) is 14.4 Å². The van der Waals surface area contributed by atoms with Crippen LogP contribution in [0.3, 0.4) is 0 Å². The summed E-state index contributed by atoms with van der Waals surface area (Å²) in [6.07, 6.45) is 2.09. The Bertz CT molecular complexity index is 1050. The topological polar surface area (TPSA) is 117 Å². The first-order chi connectivity index (χ1) is 14.0. The number of rotatable bonds is 4. The van der Waals surface area contributed by atoms with Gasteiger partial charge in [-0.15, -0.1) is 0 Å². The van der Waals surface area contributed by atoms with Crippen molar-refractivity contribution in [3.8, 4) is 0 Å². The second-order valence-electron chi connectivity index (χ2n) is 6.88. The molecule has 0 saturated carbocycles. The van der Waals surface area contributed by atoms with Gasteiger partial charge in [-0.3, -0.25) is 0 Å². The van der Waals surface area contributed by atoms with Crippen LogP contribution in [0.2, 0.25) is 0 Å². The standard InChI is InChI=1S/C19H22N4O6/c1-27-17(24)11-9-29-10-23(16(11)18(25)28-2)15-8-13-12(20-19(26)21-13)7-14(15)22-5-3-4-6-22/h7-8H,3-6,9-10H2,1-2H3,(H2,20,21,26). The fourth-order valence-corrected chi connectivity index (χ4v) is 3.82. The first-order valence-corrected chi connectivity index (χ1v) is 9.29. The number of H-pyrrole nitrogens is 2. The zero-order chi connectivity index (χ0) is 20.5. The molecule has 154 valence electrons. The van der Waals surface area contributed by atoms with Gasteiger partial charge in [-0.1, -0.05) is 0 Å². The minimum absolute atomic E-state index is 0.0475. The van der Waals surface area contributed by atoms with E-state index >= 15 is 0 Å². The summed E-state index contributed by atoms with van der Waals surface area (Å²) in [6.45, 7) is 1.69. The number of fused-ring (bicyclic) bond motifs is 1. The molecule has 0 spiro atoms. The van der Waals surface area contributed by atoms with E-state index < -0.39 is 11.9 Å². The second-order valence-corrected chi connectivity index (χ2v) is 6.88. The number of anilines is 2. The number of nitrogens with one attached hydrogen (secondary N) is 2. The van der Waals surface area contributed by atoms with Crippen LogP contribution in [0.5, 0.6) is 0 Å². The van der Waals surface area contributed by atoms with Crippen molar-refractivity contribution < 1.29 is 23.8 Å². The molecule has 1 aromatic carbocycles. The van der Waals surface area contributed by atoms with Gasteiger partial charge in [0, 0.05) is 13.1 Å². The van der Waals surface area contributed by atoms with E-state index in [1.807, 2.05) is 6.07 Å². The van der Waals surface area contributed by atoms with Gasteiger partial charge in [0.05, 0.1) is 48.8 Å². The molecule has 0 aliphatic carbocycles. The summed E-state index contributed by atoms with van der Waals surface area (Å²) in [5.74, 6) is -1.32. The van der Waals surface area contributed by atoms with Crippen molar-refractivity contribution in [1.82, 2.24) is 9.97 Å². The molecule has 10 nitrogen and oxygen atoms in total. The molecule has 1 aromatic heterocycles. The lowest BCUT2D eigenvalue weighted by Crippen LogP contribution is -2.39. The summed E-state index contributed by atoms with van der Waals surface area (Å²) in [6, 6.07) is 3.64. The molecule has 1 saturated heterocycles. The Balaban J connectivity index is 1.93. The van der Waals surface area contributed by atoms with Gasteiger partial charge in [-0.05, 0) is 25.0 Å². The van der Waals surface area contributed by atoms with E-state index in [1.165, 1.54) is 14.2 Å². The van der Waals surface area contributed by atoms with Crippen molar-refractivity contribution in [3.63, 3.8) is 0 Å². The van der Waals surface area contributed by atoms with Crippen LogP contribution < -0.4 is 15.5 Å². The molecule has 3 heterocycles. The monoisotopic (exact) mass is 402 g/mol. The van der Waals surface area contributed by atoms with E-state index in [9.17, 15) is 14.4 Å². The number of benzene rings is 1. The summed E-state index contributed by atoms with van der Waals surface area (Å²) < 4.78 is 15.4.